The van der Waals surface area contributed by atoms with Crippen molar-refractivity contribution in [3.63, 3.8) is 0 Å². The Kier molecular flexibility index (Phi) is 3.08. The third-order valence-corrected chi connectivity index (χ3v) is 3.16. The first-order valence-corrected chi connectivity index (χ1v) is 5.61. The van der Waals surface area contributed by atoms with Crippen molar-refractivity contribution in [1.82, 2.24) is 0 Å². The SMILES string of the molecule is CC(O)(c1ccccc1)C1CCCCO1. The van der Waals surface area contributed by atoms with Crippen molar-refractivity contribution in [2.75, 3.05) is 6.61 Å². The molecule has 1 aliphatic heterocycles. The van der Waals surface area contributed by atoms with Crippen LogP contribution in [0.1, 0.15) is 31.7 Å². The summed E-state index contributed by atoms with van der Waals surface area (Å²) in [6.45, 7) is 2.62. The highest BCUT2D eigenvalue weighted by Gasteiger charge is 2.35. The third kappa shape index (κ3) is 2.21. The van der Waals surface area contributed by atoms with Gasteiger partial charge in [0.15, 0.2) is 0 Å². The predicted octanol–water partition coefficient (Wildman–Crippen LogP) is 2.46. The van der Waals surface area contributed by atoms with E-state index in [0.717, 1.165) is 31.4 Å². The van der Waals surface area contributed by atoms with Gasteiger partial charge in [0.2, 0.25) is 0 Å². The van der Waals surface area contributed by atoms with Crippen LogP contribution in [0.4, 0.5) is 0 Å². The van der Waals surface area contributed by atoms with Crippen LogP contribution >= 0.6 is 0 Å². The molecule has 1 N–H and O–H groups in total. The molecule has 1 fully saturated rings. The van der Waals surface area contributed by atoms with Crippen molar-refractivity contribution < 1.29 is 9.84 Å². The van der Waals surface area contributed by atoms with Gasteiger partial charge < -0.3 is 9.84 Å². The average molecular weight is 206 g/mol. The molecule has 0 saturated carbocycles. The van der Waals surface area contributed by atoms with E-state index in [1.807, 2.05) is 37.3 Å². The summed E-state index contributed by atoms with van der Waals surface area (Å²) in [5.74, 6) is 0. The number of hydrogen-bond acceptors (Lipinski definition) is 2. The van der Waals surface area contributed by atoms with Crippen LogP contribution in [-0.4, -0.2) is 17.8 Å². The van der Waals surface area contributed by atoms with E-state index in [1.54, 1.807) is 0 Å². The van der Waals surface area contributed by atoms with E-state index in [1.165, 1.54) is 0 Å². The van der Waals surface area contributed by atoms with Crippen molar-refractivity contribution >= 4 is 0 Å². The summed E-state index contributed by atoms with van der Waals surface area (Å²) in [4.78, 5) is 0. The van der Waals surface area contributed by atoms with Crippen LogP contribution in [0.15, 0.2) is 30.3 Å². The minimum absolute atomic E-state index is 0.0614. The molecule has 0 amide bonds. The predicted molar refractivity (Wildman–Crippen MR) is 59.6 cm³/mol. The molecule has 0 aliphatic carbocycles. The summed E-state index contributed by atoms with van der Waals surface area (Å²) in [6.07, 6.45) is 3.14. The van der Waals surface area contributed by atoms with Crippen LogP contribution in [-0.2, 0) is 10.3 Å². The lowest BCUT2D eigenvalue weighted by molar-refractivity contribution is -0.122. The monoisotopic (exact) mass is 206 g/mol. The normalized spacial score (nSPS) is 25.9. The number of aliphatic hydroxyl groups is 1. The third-order valence-electron chi connectivity index (χ3n) is 3.16. The molecule has 0 bridgehead atoms. The Morgan fingerprint density at radius 3 is 2.60 bits per heavy atom. The number of benzene rings is 1. The molecule has 2 rings (SSSR count). The van der Waals surface area contributed by atoms with E-state index in [4.69, 9.17) is 4.74 Å². The van der Waals surface area contributed by atoms with Gasteiger partial charge in [0.1, 0.15) is 5.60 Å². The Bertz CT molecular complexity index is 300. The fraction of sp³-hybridized carbons (Fsp3) is 0.538. The molecule has 0 aromatic heterocycles. The summed E-state index contributed by atoms with van der Waals surface area (Å²) in [5.41, 5.74) is 0.0821. The van der Waals surface area contributed by atoms with Gasteiger partial charge in [-0.05, 0) is 31.7 Å². The second-order valence-corrected chi connectivity index (χ2v) is 4.37. The van der Waals surface area contributed by atoms with Crippen LogP contribution < -0.4 is 0 Å². The van der Waals surface area contributed by atoms with Crippen LogP contribution in [0.5, 0.6) is 0 Å². The lowest BCUT2D eigenvalue weighted by atomic mass is 9.86. The number of hydrogen-bond donors (Lipinski definition) is 1. The van der Waals surface area contributed by atoms with Gasteiger partial charge in [-0.2, -0.15) is 0 Å². The summed E-state index contributed by atoms with van der Waals surface area (Å²) >= 11 is 0. The Labute approximate surface area is 90.9 Å². The molecular formula is C13H18O2. The molecule has 0 spiro atoms. The highest BCUT2D eigenvalue weighted by molar-refractivity contribution is 5.23. The Hall–Kier alpha value is -0.860. The summed E-state index contributed by atoms with van der Waals surface area (Å²) in [6, 6.07) is 9.77. The Balaban J connectivity index is 2.18. The van der Waals surface area contributed by atoms with Crippen LogP contribution in [0.3, 0.4) is 0 Å². The van der Waals surface area contributed by atoms with Gasteiger partial charge in [-0.3, -0.25) is 0 Å². The van der Waals surface area contributed by atoms with Crippen molar-refractivity contribution in [3.8, 4) is 0 Å². The first-order chi connectivity index (χ1) is 7.21. The molecule has 1 saturated heterocycles. The average Bonchev–Trinajstić information content (AvgIpc) is 2.31. The first-order valence-electron chi connectivity index (χ1n) is 5.61. The van der Waals surface area contributed by atoms with E-state index in [9.17, 15) is 5.11 Å². The first kappa shape index (κ1) is 10.7. The zero-order valence-corrected chi connectivity index (χ0v) is 9.15. The van der Waals surface area contributed by atoms with Crippen molar-refractivity contribution in [1.29, 1.82) is 0 Å². The van der Waals surface area contributed by atoms with Gasteiger partial charge in [0, 0.05) is 6.61 Å². The van der Waals surface area contributed by atoms with Gasteiger partial charge in [0.25, 0.3) is 0 Å². The Morgan fingerprint density at radius 2 is 2.00 bits per heavy atom. The zero-order valence-electron chi connectivity index (χ0n) is 9.15. The molecule has 1 aliphatic rings. The quantitative estimate of drug-likeness (QED) is 0.805. The summed E-state index contributed by atoms with van der Waals surface area (Å²) in [7, 11) is 0. The minimum atomic E-state index is -0.859. The molecular weight excluding hydrogens is 188 g/mol. The van der Waals surface area contributed by atoms with Crippen LogP contribution in [0.25, 0.3) is 0 Å². The highest BCUT2D eigenvalue weighted by Crippen LogP contribution is 2.31. The molecule has 2 nitrogen and oxygen atoms in total. The molecule has 1 aromatic rings. The summed E-state index contributed by atoms with van der Waals surface area (Å²) in [5, 5.41) is 10.5. The van der Waals surface area contributed by atoms with E-state index >= 15 is 0 Å². The van der Waals surface area contributed by atoms with Gasteiger partial charge in [0.05, 0.1) is 6.10 Å². The smallest absolute Gasteiger partial charge is 0.113 e. The number of ether oxygens (including phenoxy) is 1. The lowest BCUT2D eigenvalue weighted by Gasteiger charge is -2.35. The highest BCUT2D eigenvalue weighted by atomic mass is 16.5. The molecule has 1 heterocycles. The van der Waals surface area contributed by atoms with Crippen molar-refractivity contribution in [2.45, 2.75) is 37.9 Å². The largest absolute Gasteiger partial charge is 0.383 e. The molecule has 15 heavy (non-hydrogen) atoms. The maximum Gasteiger partial charge on any atom is 0.113 e. The molecule has 2 heteroatoms. The minimum Gasteiger partial charge on any atom is -0.383 e. The van der Waals surface area contributed by atoms with Crippen LogP contribution in [0.2, 0.25) is 0 Å². The fourth-order valence-electron chi connectivity index (χ4n) is 2.15. The molecule has 1 aromatic carbocycles. The van der Waals surface area contributed by atoms with E-state index in [-0.39, 0.29) is 6.10 Å². The lowest BCUT2D eigenvalue weighted by Crippen LogP contribution is -2.40. The Morgan fingerprint density at radius 1 is 1.27 bits per heavy atom. The molecule has 0 radical (unpaired) electrons. The van der Waals surface area contributed by atoms with E-state index in [2.05, 4.69) is 0 Å². The second-order valence-electron chi connectivity index (χ2n) is 4.37. The van der Waals surface area contributed by atoms with Gasteiger partial charge in [-0.25, -0.2) is 0 Å². The van der Waals surface area contributed by atoms with E-state index in [0.29, 0.717) is 0 Å². The molecule has 2 atom stereocenters. The van der Waals surface area contributed by atoms with Crippen molar-refractivity contribution in [2.24, 2.45) is 0 Å². The van der Waals surface area contributed by atoms with Crippen molar-refractivity contribution in [3.05, 3.63) is 35.9 Å². The van der Waals surface area contributed by atoms with Gasteiger partial charge >= 0.3 is 0 Å². The second kappa shape index (κ2) is 4.33. The maximum absolute atomic E-state index is 10.5. The maximum atomic E-state index is 10.5. The summed E-state index contributed by atoms with van der Waals surface area (Å²) < 4.78 is 5.65. The number of rotatable bonds is 2. The standard InChI is InChI=1S/C13H18O2/c1-13(14,11-7-3-2-4-8-11)12-9-5-6-10-15-12/h2-4,7-8,12,14H,5-6,9-10H2,1H3. The topological polar surface area (TPSA) is 29.5 Å². The molecule has 82 valence electrons. The zero-order chi connectivity index (χ0) is 10.7. The van der Waals surface area contributed by atoms with E-state index < -0.39 is 5.60 Å². The van der Waals surface area contributed by atoms with Crippen LogP contribution in [0, 0.1) is 0 Å². The van der Waals surface area contributed by atoms with Gasteiger partial charge in [-0.1, -0.05) is 30.3 Å². The molecule has 2 unspecified atom stereocenters. The van der Waals surface area contributed by atoms with Gasteiger partial charge in [-0.15, -0.1) is 0 Å². The fourth-order valence-corrected chi connectivity index (χ4v) is 2.15.